The molecule has 0 saturated carbocycles. The molecule has 1 heterocycles. The summed E-state index contributed by atoms with van der Waals surface area (Å²) in [6.07, 6.45) is 4.06. The van der Waals surface area contributed by atoms with Crippen LogP contribution in [0.1, 0.15) is 10.4 Å². The Balaban J connectivity index is 2.35. The molecular weight excluding hydrogens is 244 g/mol. The summed E-state index contributed by atoms with van der Waals surface area (Å²) >= 11 is 0. The van der Waals surface area contributed by atoms with Crippen molar-refractivity contribution in [3.8, 4) is 17.1 Å². The SMILES string of the molecule is C=CCOc1ccccc1-c1ncc(C(=O)[O-])cn1. The number of carbonyl (C=O) groups excluding carboxylic acids is 1. The number of carboxylic acids is 1. The van der Waals surface area contributed by atoms with E-state index in [2.05, 4.69) is 16.5 Å². The van der Waals surface area contributed by atoms with Crippen molar-refractivity contribution in [2.45, 2.75) is 0 Å². The highest BCUT2D eigenvalue weighted by Crippen LogP contribution is 2.26. The van der Waals surface area contributed by atoms with Crippen LogP contribution >= 0.6 is 0 Å². The normalized spacial score (nSPS) is 9.89. The minimum Gasteiger partial charge on any atom is -0.545 e. The van der Waals surface area contributed by atoms with E-state index in [1.807, 2.05) is 12.1 Å². The number of ether oxygens (including phenoxy) is 1. The Morgan fingerprint density at radius 1 is 1.32 bits per heavy atom. The Hall–Kier alpha value is -2.69. The number of carbonyl (C=O) groups is 1. The lowest BCUT2D eigenvalue weighted by atomic mass is 10.2. The summed E-state index contributed by atoms with van der Waals surface area (Å²) < 4.78 is 5.49. The number of carboxylic acid groups (broad SMARTS) is 1. The van der Waals surface area contributed by atoms with Gasteiger partial charge in [0.15, 0.2) is 5.82 Å². The van der Waals surface area contributed by atoms with Gasteiger partial charge in [-0.15, -0.1) is 0 Å². The third-order valence-corrected chi connectivity index (χ3v) is 2.37. The molecule has 0 N–H and O–H groups in total. The molecule has 2 aromatic rings. The van der Waals surface area contributed by atoms with Gasteiger partial charge in [0.05, 0.1) is 11.5 Å². The summed E-state index contributed by atoms with van der Waals surface area (Å²) in [6.45, 7) is 3.95. The van der Waals surface area contributed by atoms with Gasteiger partial charge < -0.3 is 14.6 Å². The van der Waals surface area contributed by atoms with Gasteiger partial charge in [-0.25, -0.2) is 9.97 Å². The predicted molar refractivity (Wildman–Crippen MR) is 67.5 cm³/mol. The van der Waals surface area contributed by atoms with Crippen molar-refractivity contribution < 1.29 is 14.6 Å². The number of hydrogen-bond acceptors (Lipinski definition) is 5. The lowest BCUT2D eigenvalue weighted by molar-refractivity contribution is -0.255. The van der Waals surface area contributed by atoms with Crippen LogP contribution in [-0.4, -0.2) is 22.5 Å². The van der Waals surface area contributed by atoms with Crippen LogP contribution < -0.4 is 9.84 Å². The van der Waals surface area contributed by atoms with Crippen LogP contribution in [0.25, 0.3) is 11.4 Å². The Labute approximate surface area is 110 Å². The first-order valence-electron chi connectivity index (χ1n) is 5.59. The number of hydrogen-bond donors (Lipinski definition) is 0. The average Bonchev–Trinajstić information content (AvgIpc) is 2.45. The first-order chi connectivity index (χ1) is 9.22. The van der Waals surface area contributed by atoms with Crippen molar-refractivity contribution in [1.29, 1.82) is 0 Å². The number of aromatic nitrogens is 2. The zero-order valence-electron chi connectivity index (χ0n) is 10.1. The molecule has 0 spiro atoms. The molecule has 2 rings (SSSR count). The van der Waals surface area contributed by atoms with Gasteiger partial charge in [-0.3, -0.25) is 0 Å². The van der Waals surface area contributed by atoms with Gasteiger partial charge in [-0.05, 0) is 12.1 Å². The summed E-state index contributed by atoms with van der Waals surface area (Å²) in [5.74, 6) is -0.295. The lowest BCUT2D eigenvalue weighted by Crippen LogP contribution is -2.22. The van der Waals surface area contributed by atoms with E-state index in [1.54, 1.807) is 18.2 Å². The maximum atomic E-state index is 10.6. The molecule has 5 nitrogen and oxygen atoms in total. The van der Waals surface area contributed by atoms with Gasteiger partial charge in [0.25, 0.3) is 0 Å². The number of aromatic carboxylic acids is 1. The minimum absolute atomic E-state index is 0.0618. The van der Waals surface area contributed by atoms with Crippen LogP contribution in [-0.2, 0) is 0 Å². The average molecular weight is 255 g/mol. The van der Waals surface area contributed by atoms with Crippen molar-refractivity contribution in [3.63, 3.8) is 0 Å². The first-order valence-corrected chi connectivity index (χ1v) is 5.59. The Bertz CT molecular complexity index is 594. The second kappa shape index (κ2) is 5.77. The smallest absolute Gasteiger partial charge is 0.162 e. The summed E-state index contributed by atoms with van der Waals surface area (Å²) in [6, 6.07) is 7.24. The highest BCUT2D eigenvalue weighted by atomic mass is 16.5. The van der Waals surface area contributed by atoms with Crippen LogP contribution in [0.3, 0.4) is 0 Å². The molecule has 0 aliphatic rings. The number of nitrogens with zero attached hydrogens (tertiary/aromatic N) is 2. The van der Waals surface area contributed by atoms with Crippen LogP contribution in [0.15, 0.2) is 49.3 Å². The third kappa shape index (κ3) is 2.95. The fourth-order valence-corrected chi connectivity index (χ4v) is 1.50. The molecule has 0 saturated heterocycles. The summed E-state index contributed by atoms with van der Waals surface area (Å²) in [5.41, 5.74) is 0.627. The van der Waals surface area contributed by atoms with E-state index in [-0.39, 0.29) is 5.56 Å². The maximum absolute atomic E-state index is 10.6. The zero-order valence-corrected chi connectivity index (χ0v) is 10.1. The van der Waals surface area contributed by atoms with Crippen molar-refractivity contribution in [1.82, 2.24) is 9.97 Å². The van der Waals surface area contributed by atoms with Crippen molar-refractivity contribution in [2.24, 2.45) is 0 Å². The summed E-state index contributed by atoms with van der Waals surface area (Å²) in [7, 11) is 0. The zero-order chi connectivity index (χ0) is 13.7. The van der Waals surface area contributed by atoms with E-state index >= 15 is 0 Å². The van der Waals surface area contributed by atoms with E-state index in [0.717, 1.165) is 0 Å². The topological polar surface area (TPSA) is 75.1 Å². The molecule has 5 heteroatoms. The molecule has 0 radical (unpaired) electrons. The molecule has 1 aromatic heterocycles. The number of para-hydroxylation sites is 1. The van der Waals surface area contributed by atoms with E-state index in [4.69, 9.17) is 4.74 Å². The van der Waals surface area contributed by atoms with Gasteiger partial charge in [0.2, 0.25) is 0 Å². The Morgan fingerprint density at radius 3 is 2.63 bits per heavy atom. The highest BCUT2D eigenvalue weighted by molar-refractivity contribution is 5.85. The van der Waals surface area contributed by atoms with Crippen LogP contribution in [0.5, 0.6) is 5.75 Å². The monoisotopic (exact) mass is 255 g/mol. The molecule has 0 amide bonds. The van der Waals surface area contributed by atoms with Crippen molar-refractivity contribution in [2.75, 3.05) is 6.61 Å². The standard InChI is InChI=1S/C14H12N2O3/c1-2-7-19-12-6-4-3-5-11(12)13-15-8-10(9-16-13)14(17)18/h2-6,8-9H,1,7H2,(H,17,18)/p-1. The van der Waals surface area contributed by atoms with E-state index in [9.17, 15) is 9.90 Å². The van der Waals surface area contributed by atoms with Gasteiger partial charge in [0.1, 0.15) is 12.4 Å². The van der Waals surface area contributed by atoms with Crippen molar-refractivity contribution in [3.05, 3.63) is 54.9 Å². The molecule has 0 atom stereocenters. The van der Waals surface area contributed by atoms with Crippen molar-refractivity contribution >= 4 is 5.97 Å². The van der Waals surface area contributed by atoms with Gasteiger partial charge >= 0.3 is 0 Å². The molecule has 0 bridgehead atoms. The quantitative estimate of drug-likeness (QED) is 0.747. The molecule has 96 valence electrons. The minimum atomic E-state index is -1.30. The van der Waals surface area contributed by atoms with E-state index < -0.39 is 5.97 Å². The van der Waals surface area contributed by atoms with Crippen LogP contribution in [0, 0.1) is 0 Å². The largest absolute Gasteiger partial charge is 0.545 e. The Kier molecular flexibility index (Phi) is 3.87. The molecule has 19 heavy (non-hydrogen) atoms. The Morgan fingerprint density at radius 2 is 2.00 bits per heavy atom. The van der Waals surface area contributed by atoms with E-state index in [1.165, 1.54) is 12.4 Å². The van der Waals surface area contributed by atoms with Crippen LogP contribution in [0.2, 0.25) is 0 Å². The van der Waals surface area contributed by atoms with E-state index in [0.29, 0.717) is 23.7 Å². The molecule has 0 aliphatic carbocycles. The molecule has 1 aromatic carbocycles. The first kappa shape index (κ1) is 12.8. The number of benzene rings is 1. The second-order valence-electron chi connectivity index (χ2n) is 3.68. The molecule has 0 aliphatic heterocycles. The second-order valence-corrected chi connectivity index (χ2v) is 3.68. The lowest BCUT2D eigenvalue weighted by Gasteiger charge is -2.09. The van der Waals surface area contributed by atoms with Gasteiger partial charge in [0, 0.05) is 18.0 Å². The maximum Gasteiger partial charge on any atom is 0.162 e. The van der Waals surface area contributed by atoms with Gasteiger partial charge in [-0.1, -0.05) is 24.8 Å². The molecule has 0 unspecified atom stereocenters. The highest BCUT2D eigenvalue weighted by Gasteiger charge is 2.08. The third-order valence-electron chi connectivity index (χ3n) is 2.37. The fraction of sp³-hybridized carbons (Fsp3) is 0.0714. The summed E-state index contributed by atoms with van der Waals surface area (Å²) in [4.78, 5) is 18.6. The number of rotatable bonds is 5. The van der Waals surface area contributed by atoms with Crippen LogP contribution in [0.4, 0.5) is 0 Å². The molecule has 0 fully saturated rings. The molecular formula is C14H11N2O3-. The predicted octanol–water partition coefficient (Wildman–Crippen LogP) is 1.07. The summed E-state index contributed by atoms with van der Waals surface area (Å²) in [5, 5.41) is 10.6. The van der Waals surface area contributed by atoms with Gasteiger partial charge in [-0.2, -0.15) is 0 Å². The fourth-order valence-electron chi connectivity index (χ4n) is 1.50.